The number of ether oxygens (including phenoxy) is 2. The molecule has 2 heterocycles. The van der Waals surface area contributed by atoms with Gasteiger partial charge in [-0.05, 0) is 37.3 Å². The lowest BCUT2D eigenvalue weighted by Crippen LogP contribution is -2.23. The minimum absolute atomic E-state index is 0.133. The fourth-order valence-electron chi connectivity index (χ4n) is 2.70. The van der Waals surface area contributed by atoms with Crippen molar-refractivity contribution in [2.24, 2.45) is 0 Å². The van der Waals surface area contributed by atoms with E-state index in [0.29, 0.717) is 17.0 Å². The molecule has 0 bridgehead atoms. The summed E-state index contributed by atoms with van der Waals surface area (Å²) in [7, 11) is 1.28. The van der Waals surface area contributed by atoms with Gasteiger partial charge in [-0.3, -0.25) is 9.78 Å². The lowest BCUT2D eigenvalue weighted by atomic mass is 10.2. The van der Waals surface area contributed by atoms with Gasteiger partial charge in [-0.25, -0.2) is 13.6 Å². The van der Waals surface area contributed by atoms with Gasteiger partial charge >= 0.3 is 5.97 Å². The molecule has 29 heavy (non-hydrogen) atoms. The van der Waals surface area contributed by atoms with Crippen LogP contribution in [0.4, 0.5) is 8.78 Å². The normalized spacial score (nSPS) is 10.6. The summed E-state index contributed by atoms with van der Waals surface area (Å²) >= 11 is 0. The number of rotatable bonds is 6. The van der Waals surface area contributed by atoms with Gasteiger partial charge in [0.05, 0.1) is 24.9 Å². The number of hydrogen-bond donors (Lipinski definition) is 0. The lowest BCUT2D eigenvalue weighted by Gasteiger charge is -2.13. The molecule has 0 saturated heterocycles. The standard InChI is InChI=1S/C21H18F2N2O4/c1-13-7-18(29-12-15-3-5-16(22)8-19(15)23)9-20(26)25(13)11-17-6-4-14(10-24-17)21(27)28-2/h3-10H,11-12H2,1-2H3. The number of hydrogen-bond acceptors (Lipinski definition) is 5. The first-order chi connectivity index (χ1) is 13.9. The van der Waals surface area contributed by atoms with Gasteiger partial charge in [0.15, 0.2) is 0 Å². The van der Waals surface area contributed by atoms with E-state index in [-0.39, 0.29) is 30.0 Å². The van der Waals surface area contributed by atoms with E-state index in [2.05, 4.69) is 9.72 Å². The number of methoxy groups -OCH3 is 1. The Morgan fingerprint density at radius 3 is 2.55 bits per heavy atom. The lowest BCUT2D eigenvalue weighted by molar-refractivity contribution is 0.0600. The van der Waals surface area contributed by atoms with Crippen molar-refractivity contribution in [3.05, 3.63) is 93.2 Å². The quantitative estimate of drug-likeness (QED) is 0.594. The fourth-order valence-corrected chi connectivity index (χ4v) is 2.70. The van der Waals surface area contributed by atoms with Crippen LogP contribution in [0.1, 0.15) is 27.3 Å². The SMILES string of the molecule is COC(=O)c1ccc(Cn2c(C)cc(OCc3ccc(F)cc3F)cc2=O)nc1. The van der Waals surface area contributed by atoms with Crippen LogP contribution in [0.5, 0.6) is 5.75 Å². The second-order valence-corrected chi connectivity index (χ2v) is 6.31. The number of aromatic nitrogens is 2. The van der Waals surface area contributed by atoms with E-state index < -0.39 is 17.6 Å². The van der Waals surface area contributed by atoms with Crippen LogP contribution in [-0.4, -0.2) is 22.6 Å². The molecule has 0 aliphatic heterocycles. The second-order valence-electron chi connectivity index (χ2n) is 6.31. The zero-order valence-electron chi connectivity index (χ0n) is 15.8. The molecule has 0 fully saturated rings. The van der Waals surface area contributed by atoms with Gasteiger partial charge in [0, 0.05) is 29.6 Å². The molecule has 3 rings (SSSR count). The summed E-state index contributed by atoms with van der Waals surface area (Å²) in [5.74, 6) is -1.59. The summed E-state index contributed by atoms with van der Waals surface area (Å²) in [5, 5.41) is 0. The maximum atomic E-state index is 13.7. The molecule has 6 nitrogen and oxygen atoms in total. The van der Waals surface area contributed by atoms with Gasteiger partial charge in [-0.15, -0.1) is 0 Å². The Morgan fingerprint density at radius 1 is 1.14 bits per heavy atom. The Bertz CT molecular complexity index is 1090. The largest absolute Gasteiger partial charge is 0.489 e. The highest BCUT2D eigenvalue weighted by Gasteiger charge is 2.10. The number of carbonyl (C=O) groups excluding carboxylic acids is 1. The molecule has 2 aromatic heterocycles. The highest BCUT2D eigenvalue weighted by molar-refractivity contribution is 5.88. The summed E-state index contributed by atoms with van der Waals surface area (Å²) < 4.78 is 38.3. The summed E-state index contributed by atoms with van der Waals surface area (Å²) in [4.78, 5) is 28.1. The van der Waals surface area contributed by atoms with Crippen LogP contribution < -0.4 is 10.3 Å². The number of pyridine rings is 2. The van der Waals surface area contributed by atoms with Crippen LogP contribution in [0.2, 0.25) is 0 Å². The average Bonchev–Trinajstić information content (AvgIpc) is 2.70. The summed E-state index contributed by atoms with van der Waals surface area (Å²) in [6, 6.07) is 9.36. The molecule has 0 amide bonds. The minimum Gasteiger partial charge on any atom is -0.489 e. The molecule has 8 heteroatoms. The van der Waals surface area contributed by atoms with E-state index in [4.69, 9.17) is 4.74 Å². The Balaban J connectivity index is 1.73. The Morgan fingerprint density at radius 2 is 1.93 bits per heavy atom. The first-order valence-electron chi connectivity index (χ1n) is 8.69. The number of aryl methyl sites for hydroxylation is 1. The van der Waals surface area contributed by atoms with Gasteiger partial charge in [0.2, 0.25) is 0 Å². The van der Waals surface area contributed by atoms with E-state index in [9.17, 15) is 18.4 Å². The zero-order valence-corrected chi connectivity index (χ0v) is 15.8. The number of halogens is 2. The Hall–Kier alpha value is -3.55. The molecule has 150 valence electrons. The molecule has 0 aliphatic carbocycles. The second kappa shape index (κ2) is 8.64. The van der Waals surface area contributed by atoms with Crippen molar-refractivity contribution in [2.45, 2.75) is 20.1 Å². The van der Waals surface area contributed by atoms with Gasteiger partial charge in [-0.1, -0.05) is 0 Å². The molecule has 0 radical (unpaired) electrons. The van der Waals surface area contributed by atoms with Crippen molar-refractivity contribution < 1.29 is 23.0 Å². The minimum atomic E-state index is -0.712. The van der Waals surface area contributed by atoms with E-state index in [1.165, 1.54) is 30.0 Å². The maximum Gasteiger partial charge on any atom is 0.339 e. The highest BCUT2D eigenvalue weighted by atomic mass is 19.1. The molecule has 0 N–H and O–H groups in total. The van der Waals surface area contributed by atoms with Crippen molar-refractivity contribution >= 4 is 5.97 Å². The number of benzene rings is 1. The van der Waals surface area contributed by atoms with Crippen molar-refractivity contribution in [1.82, 2.24) is 9.55 Å². The molecule has 0 saturated carbocycles. The molecular weight excluding hydrogens is 382 g/mol. The summed E-state index contributed by atoms with van der Waals surface area (Å²) in [5.41, 5.74) is 1.38. The smallest absolute Gasteiger partial charge is 0.339 e. The Kier molecular flexibility index (Phi) is 6.01. The number of nitrogens with zero attached hydrogens (tertiary/aromatic N) is 2. The van der Waals surface area contributed by atoms with Crippen LogP contribution in [0.15, 0.2) is 53.5 Å². The van der Waals surface area contributed by atoms with Crippen LogP contribution in [0.3, 0.4) is 0 Å². The topological polar surface area (TPSA) is 70.4 Å². The zero-order chi connectivity index (χ0) is 21.0. The average molecular weight is 400 g/mol. The molecule has 1 aromatic carbocycles. The van der Waals surface area contributed by atoms with Gasteiger partial charge in [-0.2, -0.15) is 0 Å². The van der Waals surface area contributed by atoms with Crippen molar-refractivity contribution in [3.8, 4) is 5.75 Å². The number of carbonyl (C=O) groups is 1. The van der Waals surface area contributed by atoms with E-state index in [1.54, 1.807) is 25.1 Å². The third-order valence-electron chi connectivity index (χ3n) is 4.28. The third-order valence-corrected chi connectivity index (χ3v) is 4.28. The molecule has 0 spiro atoms. The van der Waals surface area contributed by atoms with Gasteiger partial charge in [0.1, 0.15) is 24.0 Å². The molecule has 0 unspecified atom stereocenters. The maximum absolute atomic E-state index is 13.7. The first kappa shape index (κ1) is 20.2. The van der Waals surface area contributed by atoms with Gasteiger partial charge in [0.25, 0.3) is 5.56 Å². The monoisotopic (exact) mass is 400 g/mol. The molecule has 0 aliphatic rings. The molecule has 0 atom stereocenters. The van der Waals surface area contributed by atoms with Crippen molar-refractivity contribution in [3.63, 3.8) is 0 Å². The predicted molar refractivity (Wildman–Crippen MR) is 101 cm³/mol. The van der Waals surface area contributed by atoms with E-state index in [0.717, 1.165) is 12.1 Å². The van der Waals surface area contributed by atoms with Crippen molar-refractivity contribution in [1.29, 1.82) is 0 Å². The van der Waals surface area contributed by atoms with Gasteiger partial charge < -0.3 is 14.0 Å². The summed E-state index contributed by atoms with van der Waals surface area (Å²) in [6.07, 6.45) is 1.39. The Labute approximate surface area is 165 Å². The molecular formula is C21H18F2N2O4. The number of esters is 1. The van der Waals surface area contributed by atoms with Crippen LogP contribution >= 0.6 is 0 Å². The van der Waals surface area contributed by atoms with Crippen LogP contribution in [-0.2, 0) is 17.9 Å². The van der Waals surface area contributed by atoms with Crippen LogP contribution in [0.25, 0.3) is 0 Å². The molecule has 3 aromatic rings. The third kappa shape index (κ3) is 4.84. The van der Waals surface area contributed by atoms with Crippen LogP contribution in [0, 0.1) is 18.6 Å². The first-order valence-corrected chi connectivity index (χ1v) is 8.69. The predicted octanol–water partition coefficient (Wildman–Crippen LogP) is 3.24. The van der Waals surface area contributed by atoms with E-state index >= 15 is 0 Å². The fraction of sp³-hybridized carbons (Fsp3) is 0.190. The summed E-state index contributed by atoms with van der Waals surface area (Å²) in [6.45, 7) is 1.81. The van der Waals surface area contributed by atoms with Crippen molar-refractivity contribution in [2.75, 3.05) is 7.11 Å². The highest BCUT2D eigenvalue weighted by Crippen LogP contribution is 2.16. The van der Waals surface area contributed by atoms with E-state index in [1.807, 2.05) is 0 Å².